The number of anilines is 2. The van der Waals surface area contributed by atoms with Crippen LogP contribution >= 0.6 is 0 Å². The second-order valence-electron chi connectivity index (χ2n) is 11.1. The molecule has 2 aliphatic heterocycles. The minimum Gasteiger partial charge on any atom is -0.368 e. The summed E-state index contributed by atoms with van der Waals surface area (Å²) >= 11 is 0. The molecule has 1 aromatic heterocycles. The number of nitrogens with zero attached hydrogens (tertiary/aromatic N) is 3. The molecule has 0 aliphatic carbocycles. The number of hydrogen-bond donors (Lipinski definition) is 3. The Bertz CT molecular complexity index is 1490. The maximum absolute atomic E-state index is 14.4. The summed E-state index contributed by atoms with van der Waals surface area (Å²) in [6.07, 6.45) is 3.30. The zero-order valence-electron chi connectivity index (χ0n) is 23.6. The highest BCUT2D eigenvalue weighted by Crippen LogP contribution is 2.31. The summed E-state index contributed by atoms with van der Waals surface area (Å²) in [5.41, 5.74) is 5.32. The van der Waals surface area contributed by atoms with E-state index in [9.17, 15) is 9.59 Å². The molecular formula is C33H38N6O2. The minimum absolute atomic E-state index is 0.0696. The van der Waals surface area contributed by atoms with Crippen molar-refractivity contribution in [1.82, 2.24) is 20.5 Å². The molecule has 41 heavy (non-hydrogen) atoms. The third-order valence-electron chi connectivity index (χ3n) is 8.37. The summed E-state index contributed by atoms with van der Waals surface area (Å²) in [5, 5.41) is 7.52. The summed E-state index contributed by atoms with van der Waals surface area (Å²) in [5.74, 6) is 0.231. The van der Waals surface area contributed by atoms with Crippen molar-refractivity contribution >= 4 is 34.2 Å². The maximum atomic E-state index is 14.4. The van der Waals surface area contributed by atoms with Crippen LogP contribution in [-0.2, 0) is 17.6 Å². The predicted molar refractivity (Wildman–Crippen MR) is 164 cm³/mol. The molecule has 212 valence electrons. The third kappa shape index (κ3) is 5.79. The van der Waals surface area contributed by atoms with Crippen molar-refractivity contribution in [2.24, 2.45) is 5.92 Å². The Morgan fingerprint density at radius 1 is 0.927 bits per heavy atom. The fourth-order valence-corrected chi connectivity index (χ4v) is 6.27. The number of benzene rings is 3. The van der Waals surface area contributed by atoms with Crippen molar-refractivity contribution in [3.05, 3.63) is 96.2 Å². The molecule has 3 amide bonds. The molecule has 0 unspecified atom stereocenters. The lowest BCUT2D eigenvalue weighted by atomic mass is 9.91. The highest BCUT2D eigenvalue weighted by molar-refractivity contribution is 6.00. The van der Waals surface area contributed by atoms with Gasteiger partial charge in [0.2, 0.25) is 5.91 Å². The first-order chi connectivity index (χ1) is 20.1. The Morgan fingerprint density at radius 3 is 2.46 bits per heavy atom. The smallest absolute Gasteiger partial charge is 0.318 e. The van der Waals surface area contributed by atoms with Crippen LogP contribution in [0.4, 0.5) is 16.2 Å². The normalized spacial score (nSPS) is 17.8. The summed E-state index contributed by atoms with van der Waals surface area (Å²) in [4.78, 5) is 37.4. The highest BCUT2D eigenvalue weighted by Gasteiger charge is 2.34. The van der Waals surface area contributed by atoms with Crippen molar-refractivity contribution in [3.63, 3.8) is 0 Å². The molecule has 8 heteroatoms. The first kappa shape index (κ1) is 26.9. The number of amides is 3. The van der Waals surface area contributed by atoms with E-state index in [-0.39, 0.29) is 11.9 Å². The molecule has 1 saturated heterocycles. The Kier molecular flexibility index (Phi) is 7.91. The molecule has 2 atom stereocenters. The number of carbonyl (C=O) groups excluding carboxylic acids is 2. The van der Waals surface area contributed by atoms with Crippen molar-refractivity contribution in [3.8, 4) is 0 Å². The lowest BCUT2D eigenvalue weighted by Crippen LogP contribution is -2.58. The SMILES string of the molecule is CNC[C@H]1Cc2ccccc2N(C(=O)[C@@H](Cc2c[nH]c3ccccc23)NC(=O)N2CCN(c3ccccc3)CC2)C1. The number of hydrogen-bond acceptors (Lipinski definition) is 4. The lowest BCUT2D eigenvalue weighted by Gasteiger charge is -2.38. The lowest BCUT2D eigenvalue weighted by molar-refractivity contribution is -0.120. The van der Waals surface area contributed by atoms with Crippen LogP contribution < -0.4 is 20.4 Å². The van der Waals surface area contributed by atoms with Gasteiger partial charge in [0.25, 0.3) is 0 Å². The Morgan fingerprint density at radius 2 is 1.66 bits per heavy atom. The fourth-order valence-electron chi connectivity index (χ4n) is 6.27. The number of aromatic amines is 1. The average Bonchev–Trinajstić information content (AvgIpc) is 3.43. The van der Waals surface area contributed by atoms with Crippen molar-refractivity contribution in [1.29, 1.82) is 0 Å². The summed E-state index contributed by atoms with van der Waals surface area (Å²) in [7, 11) is 1.95. The van der Waals surface area contributed by atoms with Crippen molar-refractivity contribution < 1.29 is 9.59 Å². The zero-order valence-corrected chi connectivity index (χ0v) is 23.6. The molecule has 2 aliphatic rings. The topological polar surface area (TPSA) is 83.7 Å². The number of para-hydroxylation sites is 3. The van der Waals surface area contributed by atoms with E-state index < -0.39 is 6.04 Å². The molecule has 0 spiro atoms. The van der Waals surface area contributed by atoms with Gasteiger partial charge in [0.15, 0.2) is 0 Å². The van der Waals surface area contributed by atoms with E-state index in [1.54, 1.807) is 0 Å². The van der Waals surface area contributed by atoms with Gasteiger partial charge in [-0.1, -0.05) is 54.6 Å². The fraction of sp³-hybridized carbons (Fsp3) is 0.333. The summed E-state index contributed by atoms with van der Waals surface area (Å²) in [6, 6.07) is 25.6. The zero-order chi connectivity index (χ0) is 28.2. The van der Waals surface area contributed by atoms with Crippen LogP contribution in [0.15, 0.2) is 85.1 Å². The third-order valence-corrected chi connectivity index (χ3v) is 8.37. The largest absolute Gasteiger partial charge is 0.368 e. The maximum Gasteiger partial charge on any atom is 0.318 e. The van der Waals surface area contributed by atoms with Crippen LogP contribution in [0, 0.1) is 5.92 Å². The van der Waals surface area contributed by atoms with Gasteiger partial charge in [-0.3, -0.25) is 4.79 Å². The van der Waals surface area contributed by atoms with Crippen LogP contribution in [0.1, 0.15) is 11.1 Å². The van der Waals surface area contributed by atoms with E-state index in [0.717, 1.165) is 48.2 Å². The first-order valence-electron chi connectivity index (χ1n) is 14.5. The molecular weight excluding hydrogens is 512 g/mol. The monoisotopic (exact) mass is 550 g/mol. The molecule has 3 N–H and O–H groups in total. The van der Waals surface area contributed by atoms with Gasteiger partial charge in [-0.15, -0.1) is 0 Å². The van der Waals surface area contributed by atoms with Crippen LogP contribution in [0.5, 0.6) is 0 Å². The molecule has 0 bridgehead atoms. The van der Waals surface area contributed by atoms with E-state index in [1.807, 2.05) is 77.6 Å². The van der Waals surface area contributed by atoms with Gasteiger partial charge in [0, 0.05) is 67.6 Å². The number of aromatic nitrogens is 1. The second kappa shape index (κ2) is 12.1. The van der Waals surface area contributed by atoms with Crippen LogP contribution in [0.3, 0.4) is 0 Å². The van der Waals surface area contributed by atoms with Gasteiger partial charge in [0.1, 0.15) is 6.04 Å². The number of fused-ring (bicyclic) bond motifs is 2. The standard InChI is InChI=1S/C33H38N6O2/c1-34-21-24-19-25-9-5-8-14-31(25)39(23-24)32(40)30(20-26-22-35-29-13-7-6-12-28(26)29)36-33(41)38-17-15-37(16-18-38)27-10-3-2-4-11-27/h2-14,22,24,30,34-35H,15-21,23H2,1H3,(H,36,41)/t24-,30-/m1/s1. The molecule has 6 rings (SSSR count). The van der Waals surface area contributed by atoms with E-state index in [2.05, 4.69) is 44.8 Å². The molecule has 4 aromatic rings. The number of urea groups is 1. The number of H-pyrrole nitrogens is 1. The van der Waals surface area contributed by atoms with E-state index >= 15 is 0 Å². The van der Waals surface area contributed by atoms with Crippen LogP contribution in [0.2, 0.25) is 0 Å². The number of carbonyl (C=O) groups is 2. The summed E-state index contributed by atoms with van der Waals surface area (Å²) in [6.45, 7) is 4.15. The average molecular weight is 551 g/mol. The molecule has 1 fully saturated rings. The van der Waals surface area contributed by atoms with E-state index in [1.165, 1.54) is 11.3 Å². The van der Waals surface area contributed by atoms with Crippen LogP contribution in [-0.4, -0.2) is 74.2 Å². The second-order valence-corrected chi connectivity index (χ2v) is 11.1. The highest BCUT2D eigenvalue weighted by atomic mass is 16.2. The minimum atomic E-state index is -0.699. The molecule has 0 radical (unpaired) electrons. The number of piperazine rings is 1. The Labute approximate surface area is 241 Å². The quantitative estimate of drug-likeness (QED) is 0.325. The molecule has 3 aromatic carbocycles. The van der Waals surface area contributed by atoms with Crippen molar-refractivity contribution in [2.45, 2.75) is 18.9 Å². The number of rotatable bonds is 7. The van der Waals surface area contributed by atoms with Gasteiger partial charge < -0.3 is 30.3 Å². The van der Waals surface area contributed by atoms with Gasteiger partial charge in [0.05, 0.1) is 0 Å². The van der Waals surface area contributed by atoms with Gasteiger partial charge in [-0.05, 0) is 61.3 Å². The Hall–Kier alpha value is -4.30. The Balaban J connectivity index is 1.24. The van der Waals surface area contributed by atoms with Gasteiger partial charge >= 0.3 is 6.03 Å². The molecule has 3 heterocycles. The first-order valence-corrected chi connectivity index (χ1v) is 14.5. The predicted octanol–water partition coefficient (Wildman–Crippen LogP) is 4.04. The molecule has 0 saturated carbocycles. The van der Waals surface area contributed by atoms with Crippen LogP contribution in [0.25, 0.3) is 10.9 Å². The van der Waals surface area contributed by atoms with Gasteiger partial charge in [-0.25, -0.2) is 4.79 Å². The van der Waals surface area contributed by atoms with E-state index in [0.29, 0.717) is 32.0 Å². The van der Waals surface area contributed by atoms with Crippen molar-refractivity contribution in [2.75, 3.05) is 56.1 Å². The van der Waals surface area contributed by atoms with Gasteiger partial charge in [-0.2, -0.15) is 0 Å². The molecule has 8 nitrogen and oxygen atoms in total. The number of nitrogens with one attached hydrogen (secondary N) is 3. The van der Waals surface area contributed by atoms with E-state index in [4.69, 9.17) is 0 Å². The summed E-state index contributed by atoms with van der Waals surface area (Å²) < 4.78 is 0.